The van der Waals surface area contributed by atoms with Crippen LogP contribution >= 0.6 is 0 Å². The second-order valence-corrected chi connectivity index (χ2v) is 4.72. The molecule has 19 heavy (non-hydrogen) atoms. The number of hydrogen-bond donors (Lipinski definition) is 2. The third-order valence-electron chi connectivity index (χ3n) is 3.29. The molecule has 5 nitrogen and oxygen atoms in total. The number of nitrogens with one attached hydrogen (secondary N) is 1. The van der Waals surface area contributed by atoms with Crippen molar-refractivity contribution in [2.45, 2.75) is 19.3 Å². The van der Waals surface area contributed by atoms with Crippen molar-refractivity contribution in [1.82, 2.24) is 0 Å². The molecule has 0 bridgehead atoms. The van der Waals surface area contributed by atoms with Gasteiger partial charge in [0.1, 0.15) is 0 Å². The van der Waals surface area contributed by atoms with E-state index in [4.69, 9.17) is 5.11 Å². The molecule has 0 radical (unpaired) electrons. The SMILES string of the molecule is CN(CCCCCO)c1ccc2c(c1)NC(=O)C2=O. The third kappa shape index (κ3) is 2.93. The number of benzene rings is 1. The lowest BCUT2D eigenvalue weighted by atomic mass is 10.1. The number of ketones is 1. The van der Waals surface area contributed by atoms with E-state index >= 15 is 0 Å². The number of unbranched alkanes of at least 4 members (excludes halogenated alkanes) is 2. The van der Waals surface area contributed by atoms with Crippen LogP contribution in [0.3, 0.4) is 0 Å². The number of Topliss-reactive ketones (excluding diaryl/α,β-unsaturated/α-hetero) is 1. The molecule has 0 aromatic heterocycles. The predicted molar refractivity (Wildman–Crippen MR) is 73.6 cm³/mol. The molecule has 2 N–H and O–H groups in total. The first kappa shape index (κ1) is 13.5. The van der Waals surface area contributed by atoms with E-state index in [2.05, 4.69) is 10.2 Å². The minimum Gasteiger partial charge on any atom is -0.396 e. The van der Waals surface area contributed by atoms with Gasteiger partial charge in [-0.2, -0.15) is 0 Å². The normalized spacial score (nSPS) is 13.4. The topological polar surface area (TPSA) is 69.6 Å². The molecule has 0 aliphatic carbocycles. The smallest absolute Gasteiger partial charge is 0.296 e. The highest BCUT2D eigenvalue weighted by atomic mass is 16.3. The zero-order chi connectivity index (χ0) is 13.8. The number of fused-ring (bicyclic) bond motifs is 1. The van der Waals surface area contributed by atoms with Crippen LogP contribution in [-0.4, -0.2) is 37.0 Å². The van der Waals surface area contributed by atoms with Crippen LogP contribution in [0.1, 0.15) is 29.6 Å². The maximum Gasteiger partial charge on any atom is 0.296 e. The van der Waals surface area contributed by atoms with Gasteiger partial charge in [-0.1, -0.05) is 0 Å². The van der Waals surface area contributed by atoms with Gasteiger partial charge in [0.25, 0.3) is 11.7 Å². The van der Waals surface area contributed by atoms with Crippen molar-refractivity contribution in [3.63, 3.8) is 0 Å². The number of carbonyl (C=O) groups excluding carboxylic acids is 2. The summed E-state index contributed by atoms with van der Waals surface area (Å²) in [5.41, 5.74) is 2.01. The zero-order valence-electron chi connectivity index (χ0n) is 11.0. The molecular weight excluding hydrogens is 244 g/mol. The Bertz CT molecular complexity index is 499. The van der Waals surface area contributed by atoms with Crippen LogP contribution in [0.4, 0.5) is 11.4 Å². The Morgan fingerprint density at radius 1 is 1.21 bits per heavy atom. The van der Waals surface area contributed by atoms with Crippen molar-refractivity contribution >= 4 is 23.1 Å². The first-order valence-electron chi connectivity index (χ1n) is 6.45. The first-order chi connectivity index (χ1) is 9.13. The van der Waals surface area contributed by atoms with Gasteiger partial charge in [-0.3, -0.25) is 9.59 Å². The monoisotopic (exact) mass is 262 g/mol. The van der Waals surface area contributed by atoms with Gasteiger partial charge in [0.2, 0.25) is 0 Å². The predicted octanol–water partition coefficient (Wildman–Crippen LogP) is 1.42. The number of anilines is 2. The molecule has 0 saturated carbocycles. The molecule has 0 spiro atoms. The summed E-state index contributed by atoms with van der Waals surface area (Å²) in [7, 11) is 1.97. The van der Waals surface area contributed by atoms with E-state index in [1.807, 2.05) is 19.2 Å². The summed E-state index contributed by atoms with van der Waals surface area (Å²) >= 11 is 0. The Morgan fingerprint density at radius 3 is 2.74 bits per heavy atom. The molecule has 0 fully saturated rings. The standard InChI is InChI=1S/C14H18N2O3/c1-16(7-3-2-4-8-17)10-5-6-11-12(9-10)15-14(19)13(11)18/h5-6,9,17H,2-4,7-8H2,1H3,(H,15,18,19). The summed E-state index contributed by atoms with van der Waals surface area (Å²) in [5.74, 6) is -1.02. The minimum atomic E-state index is -0.558. The van der Waals surface area contributed by atoms with Gasteiger partial charge in [-0.15, -0.1) is 0 Å². The van der Waals surface area contributed by atoms with Gasteiger partial charge in [-0.25, -0.2) is 0 Å². The fraction of sp³-hybridized carbons (Fsp3) is 0.429. The van der Waals surface area contributed by atoms with Gasteiger partial charge < -0.3 is 15.3 Å². The van der Waals surface area contributed by atoms with Crippen LogP contribution in [0, 0.1) is 0 Å². The molecular formula is C14H18N2O3. The molecule has 1 amide bonds. The fourth-order valence-electron chi connectivity index (χ4n) is 2.14. The molecule has 5 heteroatoms. The van der Waals surface area contributed by atoms with E-state index < -0.39 is 11.7 Å². The van der Waals surface area contributed by atoms with Crippen LogP contribution in [-0.2, 0) is 4.79 Å². The largest absolute Gasteiger partial charge is 0.396 e. The molecule has 1 aromatic rings. The fourth-order valence-corrected chi connectivity index (χ4v) is 2.14. The summed E-state index contributed by atoms with van der Waals surface area (Å²) in [4.78, 5) is 24.8. The summed E-state index contributed by atoms with van der Waals surface area (Å²) in [6, 6.07) is 5.36. The lowest BCUT2D eigenvalue weighted by Crippen LogP contribution is -2.18. The summed E-state index contributed by atoms with van der Waals surface area (Å²) < 4.78 is 0. The van der Waals surface area contributed by atoms with Crippen LogP contribution in [0.5, 0.6) is 0 Å². The highest BCUT2D eigenvalue weighted by molar-refractivity contribution is 6.51. The summed E-state index contributed by atoms with van der Waals surface area (Å²) in [5, 5.41) is 11.3. The number of aliphatic hydroxyl groups is 1. The minimum absolute atomic E-state index is 0.233. The van der Waals surface area contributed by atoms with Crippen molar-refractivity contribution in [2.24, 2.45) is 0 Å². The zero-order valence-corrected chi connectivity index (χ0v) is 11.0. The summed E-state index contributed by atoms with van der Waals surface area (Å²) in [6.07, 6.45) is 2.81. The highest BCUT2D eigenvalue weighted by Crippen LogP contribution is 2.27. The Kier molecular flexibility index (Phi) is 4.16. The van der Waals surface area contributed by atoms with Crippen molar-refractivity contribution in [1.29, 1.82) is 0 Å². The second-order valence-electron chi connectivity index (χ2n) is 4.72. The van der Waals surface area contributed by atoms with E-state index in [9.17, 15) is 9.59 Å². The van der Waals surface area contributed by atoms with E-state index in [0.29, 0.717) is 11.3 Å². The van der Waals surface area contributed by atoms with Crippen molar-refractivity contribution in [3.8, 4) is 0 Å². The number of hydrogen-bond acceptors (Lipinski definition) is 4. The molecule has 102 valence electrons. The highest BCUT2D eigenvalue weighted by Gasteiger charge is 2.27. The quantitative estimate of drug-likeness (QED) is 0.601. The molecule has 0 saturated heterocycles. The molecule has 1 aliphatic heterocycles. The maximum absolute atomic E-state index is 11.5. The van der Waals surface area contributed by atoms with E-state index in [1.54, 1.807) is 6.07 Å². The van der Waals surface area contributed by atoms with Crippen LogP contribution < -0.4 is 10.2 Å². The van der Waals surface area contributed by atoms with Crippen LogP contribution in [0.25, 0.3) is 0 Å². The van der Waals surface area contributed by atoms with Gasteiger partial charge >= 0.3 is 0 Å². The second kappa shape index (κ2) is 5.84. The molecule has 2 rings (SSSR count). The number of aliphatic hydroxyl groups excluding tert-OH is 1. The Hall–Kier alpha value is -1.88. The number of carbonyl (C=O) groups is 2. The molecule has 1 heterocycles. The van der Waals surface area contributed by atoms with Crippen molar-refractivity contribution in [2.75, 3.05) is 30.4 Å². The third-order valence-corrected chi connectivity index (χ3v) is 3.29. The lowest BCUT2D eigenvalue weighted by Gasteiger charge is -2.19. The average Bonchev–Trinajstić information content (AvgIpc) is 2.69. The Morgan fingerprint density at radius 2 is 2.00 bits per heavy atom. The Labute approximate surface area is 112 Å². The molecule has 0 unspecified atom stereocenters. The molecule has 1 aromatic carbocycles. The van der Waals surface area contributed by atoms with Gasteiger partial charge in [0, 0.05) is 25.9 Å². The molecule has 0 atom stereocenters. The Balaban J connectivity index is 2.01. The lowest BCUT2D eigenvalue weighted by molar-refractivity contribution is -0.112. The van der Waals surface area contributed by atoms with E-state index in [-0.39, 0.29) is 6.61 Å². The van der Waals surface area contributed by atoms with E-state index in [1.165, 1.54) is 0 Å². The first-order valence-corrected chi connectivity index (χ1v) is 6.45. The maximum atomic E-state index is 11.5. The van der Waals surface area contributed by atoms with Crippen LogP contribution in [0.15, 0.2) is 18.2 Å². The van der Waals surface area contributed by atoms with Gasteiger partial charge in [-0.05, 0) is 37.5 Å². The van der Waals surface area contributed by atoms with E-state index in [0.717, 1.165) is 31.5 Å². The summed E-state index contributed by atoms with van der Waals surface area (Å²) in [6.45, 7) is 1.11. The van der Waals surface area contributed by atoms with Crippen molar-refractivity contribution < 1.29 is 14.7 Å². The van der Waals surface area contributed by atoms with Gasteiger partial charge in [0.05, 0.1) is 11.3 Å². The van der Waals surface area contributed by atoms with Gasteiger partial charge in [0.15, 0.2) is 0 Å². The van der Waals surface area contributed by atoms with Crippen molar-refractivity contribution in [3.05, 3.63) is 23.8 Å². The number of nitrogens with zero attached hydrogens (tertiary/aromatic N) is 1. The molecule has 1 aliphatic rings. The average molecular weight is 262 g/mol. The number of rotatable bonds is 6. The van der Waals surface area contributed by atoms with Crippen LogP contribution in [0.2, 0.25) is 0 Å². The number of amides is 1.